The van der Waals surface area contributed by atoms with Crippen LogP contribution < -0.4 is 10.1 Å². The summed E-state index contributed by atoms with van der Waals surface area (Å²) in [6.45, 7) is 0.447. The Morgan fingerprint density at radius 1 is 0.920 bits per heavy atom. The molecule has 4 aromatic rings. The normalized spacial score (nSPS) is 10.9. The molecule has 5 nitrogen and oxygen atoms in total. The van der Waals surface area contributed by atoms with Gasteiger partial charge >= 0.3 is 11.2 Å². The van der Waals surface area contributed by atoms with Gasteiger partial charge in [-0.3, -0.25) is 0 Å². The van der Waals surface area contributed by atoms with Crippen molar-refractivity contribution in [2.45, 2.75) is 6.54 Å². The van der Waals surface area contributed by atoms with Crippen molar-refractivity contribution < 1.29 is 9.67 Å². The zero-order valence-electron chi connectivity index (χ0n) is 13.4. The molecular formula is C20H16N3O2+. The standard InChI is InChI=1S/C20H15N3O2/c24-19-13-20(25)23-18(22(19)14-15-7-3-1-4-8-15)12-11-17(21-23)16-9-5-2-6-10-16/h1-13H,14H2/p+1. The summed E-state index contributed by atoms with van der Waals surface area (Å²) in [6.07, 6.45) is 0. The zero-order chi connectivity index (χ0) is 17.2. The third-order valence-electron chi connectivity index (χ3n) is 4.08. The Morgan fingerprint density at radius 3 is 2.32 bits per heavy atom. The molecule has 5 heteroatoms. The number of aromatic nitrogens is 3. The molecule has 2 heterocycles. The predicted molar refractivity (Wildman–Crippen MR) is 94.3 cm³/mol. The van der Waals surface area contributed by atoms with E-state index < -0.39 is 0 Å². The number of rotatable bonds is 3. The highest BCUT2D eigenvalue weighted by atomic mass is 16.3. The van der Waals surface area contributed by atoms with Crippen LogP contribution in [0.1, 0.15) is 5.56 Å². The second-order valence-electron chi connectivity index (χ2n) is 5.77. The van der Waals surface area contributed by atoms with Gasteiger partial charge in [0, 0.05) is 11.6 Å². The van der Waals surface area contributed by atoms with Gasteiger partial charge < -0.3 is 5.11 Å². The molecule has 4 rings (SSSR count). The molecule has 0 aliphatic heterocycles. The molecule has 2 aromatic carbocycles. The molecule has 0 amide bonds. The average molecular weight is 330 g/mol. The summed E-state index contributed by atoms with van der Waals surface area (Å²) >= 11 is 0. The van der Waals surface area contributed by atoms with Crippen molar-refractivity contribution >= 4 is 5.65 Å². The van der Waals surface area contributed by atoms with Gasteiger partial charge in [-0.1, -0.05) is 70.3 Å². The van der Waals surface area contributed by atoms with E-state index in [-0.39, 0.29) is 11.4 Å². The third-order valence-corrected chi connectivity index (χ3v) is 4.08. The van der Waals surface area contributed by atoms with E-state index in [2.05, 4.69) is 5.10 Å². The molecule has 0 fully saturated rings. The van der Waals surface area contributed by atoms with Gasteiger partial charge in [0.2, 0.25) is 0 Å². The smallest absolute Gasteiger partial charge is 0.367 e. The molecule has 0 saturated carbocycles. The highest BCUT2D eigenvalue weighted by molar-refractivity contribution is 5.59. The van der Waals surface area contributed by atoms with Crippen molar-refractivity contribution in [3.05, 3.63) is 94.8 Å². The van der Waals surface area contributed by atoms with E-state index in [1.54, 1.807) is 10.6 Å². The molecule has 0 saturated heterocycles. The van der Waals surface area contributed by atoms with Crippen LogP contribution in [0.2, 0.25) is 0 Å². The fourth-order valence-corrected chi connectivity index (χ4v) is 2.84. The van der Waals surface area contributed by atoms with Crippen LogP contribution in [-0.2, 0) is 6.54 Å². The number of nitrogens with zero attached hydrogens (tertiary/aromatic N) is 3. The Balaban J connectivity index is 1.88. The summed E-state index contributed by atoms with van der Waals surface area (Å²) in [4.78, 5) is 12.3. The van der Waals surface area contributed by atoms with Gasteiger partial charge in [-0.25, -0.2) is 4.79 Å². The number of hydrogen-bond donors (Lipinski definition) is 1. The molecular weight excluding hydrogens is 314 g/mol. The van der Waals surface area contributed by atoms with Gasteiger partial charge in [0.1, 0.15) is 18.3 Å². The quantitative estimate of drug-likeness (QED) is 0.587. The first kappa shape index (κ1) is 15.1. The van der Waals surface area contributed by atoms with E-state index in [1.807, 2.05) is 66.7 Å². The van der Waals surface area contributed by atoms with Crippen LogP contribution in [0.5, 0.6) is 5.88 Å². The highest BCUT2D eigenvalue weighted by Gasteiger charge is 2.18. The summed E-state index contributed by atoms with van der Waals surface area (Å²) in [5.74, 6) is -0.0804. The Hall–Kier alpha value is -3.47. The lowest BCUT2D eigenvalue weighted by molar-refractivity contribution is -0.672. The molecule has 0 spiro atoms. The van der Waals surface area contributed by atoms with Crippen LogP contribution in [0.25, 0.3) is 16.9 Å². The second-order valence-corrected chi connectivity index (χ2v) is 5.77. The minimum atomic E-state index is -0.366. The fourth-order valence-electron chi connectivity index (χ4n) is 2.84. The predicted octanol–water partition coefficient (Wildman–Crippen LogP) is 2.40. The average Bonchev–Trinajstić information content (AvgIpc) is 2.66. The molecule has 0 aliphatic carbocycles. The molecule has 0 atom stereocenters. The van der Waals surface area contributed by atoms with E-state index in [4.69, 9.17) is 0 Å². The summed E-state index contributed by atoms with van der Waals surface area (Å²) in [6, 6.07) is 24.3. The first-order valence-electron chi connectivity index (χ1n) is 7.97. The van der Waals surface area contributed by atoms with Gasteiger partial charge in [-0.15, -0.1) is 0 Å². The monoisotopic (exact) mass is 330 g/mol. The lowest BCUT2D eigenvalue weighted by atomic mass is 10.1. The van der Waals surface area contributed by atoms with Crippen molar-refractivity contribution in [2.75, 3.05) is 0 Å². The van der Waals surface area contributed by atoms with Crippen molar-refractivity contribution in [3.8, 4) is 17.1 Å². The van der Waals surface area contributed by atoms with E-state index >= 15 is 0 Å². The summed E-state index contributed by atoms with van der Waals surface area (Å²) in [5.41, 5.74) is 2.82. The van der Waals surface area contributed by atoms with Gasteiger partial charge in [0.05, 0.1) is 0 Å². The first-order chi connectivity index (χ1) is 12.2. The molecule has 1 N–H and O–H groups in total. The van der Waals surface area contributed by atoms with Crippen LogP contribution in [0, 0.1) is 0 Å². The van der Waals surface area contributed by atoms with Crippen molar-refractivity contribution in [1.29, 1.82) is 0 Å². The zero-order valence-corrected chi connectivity index (χ0v) is 13.4. The van der Waals surface area contributed by atoms with Crippen molar-refractivity contribution in [1.82, 2.24) is 9.61 Å². The largest absolute Gasteiger partial charge is 0.478 e. The molecule has 0 bridgehead atoms. The first-order valence-corrected chi connectivity index (χ1v) is 7.97. The fraction of sp³-hybridized carbons (Fsp3) is 0.0500. The third kappa shape index (κ3) is 2.87. The van der Waals surface area contributed by atoms with Gasteiger partial charge in [0.15, 0.2) is 0 Å². The van der Waals surface area contributed by atoms with Gasteiger partial charge in [-0.05, 0) is 11.6 Å². The maximum Gasteiger partial charge on any atom is 0.367 e. The topological polar surface area (TPSA) is 58.5 Å². The van der Waals surface area contributed by atoms with E-state index in [0.29, 0.717) is 17.9 Å². The summed E-state index contributed by atoms with van der Waals surface area (Å²) < 4.78 is 2.99. The number of benzene rings is 2. The number of aromatic hydroxyl groups is 1. The molecule has 0 unspecified atom stereocenters. The molecule has 2 aromatic heterocycles. The van der Waals surface area contributed by atoms with E-state index in [0.717, 1.165) is 11.1 Å². The van der Waals surface area contributed by atoms with Gasteiger partial charge in [0.25, 0.3) is 5.88 Å². The molecule has 25 heavy (non-hydrogen) atoms. The number of fused-ring (bicyclic) bond motifs is 1. The van der Waals surface area contributed by atoms with Crippen molar-refractivity contribution in [3.63, 3.8) is 0 Å². The van der Waals surface area contributed by atoms with E-state index in [1.165, 1.54) is 10.6 Å². The minimum Gasteiger partial charge on any atom is -0.478 e. The van der Waals surface area contributed by atoms with Crippen LogP contribution in [0.15, 0.2) is 83.7 Å². The SMILES string of the molecule is O=c1cc(O)[n+](Cc2ccccc2)c2ccc(-c3ccccc3)nn12. The lowest BCUT2D eigenvalue weighted by Gasteiger charge is -2.06. The molecule has 0 radical (unpaired) electrons. The van der Waals surface area contributed by atoms with Crippen molar-refractivity contribution in [2.24, 2.45) is 0 Å². The van der Waals surface area contributed by atoms with Crippen LogP contribution in [0.4, 0.5) is 0 Å². The minimum absolute atomic E-state index is 0.0804. The maximum atomic E-state index is 12.3. The molecule has 0 aliphatic rings. The summed E-state index contributed by atoms with van der Waals surface area (Å²) in [5, 5.41) is 14.7. The van der Waals surface area contributed by atoms with E-state index in [9.17, 15) is 9.90 Å². The Morgan fingerprint density at radius 2 is 1.60 bits per heavy atom. The Labute approximate surface area is 144 Å². The van der Waals surface area contributed by atoms with Gasteiger partial charge in [-0.2, -0.15) is 4.57 Å². The second kappa shape index (κ2) is 6.20. The lowest BCUT2D eigenvalue weighted by Crippen LogP contribution is -2.40. The number of hydrogen-bond acceptors (Lipinski definition) is 3. The van der Waals surface area contributed by atoms with Crippen LogP contribution >= 0.6 is 0 Å². The maximum absolute atomic E-state index is 12.3. The Bertz CT molecular complexity index is 1090. The highest BCUT2D eigenvalue weighted by Crippen LogP contribution is 2.16. The van der Waals surface area contributed by atoms with Crippen LogP contribution in [-0.4, -0.2) is 14.7 Å². The summed E-state index contributed by atoms with van der Waals surface area (Å²) in [7, 11) is 0. The Kier molecular flexibility index (Phi) is 3.74. The van der Waals surface area contributed by atoms with Crippen LogP contribution in [0.3, 0.4) is 0 Å². The molecule has 122 valence electrons.